The highest BCUT2D eigenvalue weighted by atomic mass is 16.1. The molecule has 4 rings (SSSR count). The van der Waals surface area contributed by atoms with E-state index in [0.29, 0.717) is 13.0 Å². The average molecular weight is 318 g/mol. The fourth-order valence-corrected chi connectivity index (χ4v) is 2.96. The molecule has 2 heterocycles. The highest BCUT2D eigenvalue weighted by Gasteiger charge is 2.16. The largest absolute Gasteiger partial charge is 0.382 e. The van der Waals surface area contributed by atoms with Gasteiger partial charge < -0.3 is 10.6 Å². The minimum Gasteiger partial charge on any atom is -0.382 e. The molecule has 0 fully saturated rings. The van der Waals surface area contributed by atoms with Crippen molar-refractivity contribution in [2.24, 2.45) is 0 Å². The number of anilines is 2. The van der Waals surface area contributed by atoms with E-state index in [4.69, 9.17) is 0 Å². The predicted octanol–water partition coefficient (Wildman–Crippen LogP) is 3.35. The number of fused-ring (bicyclic) bond motifs is 1. The van der Waals surface area contributed by atoms with E-state index >= 15 is 0 Å². The Morgan fingerprint density at radius 1 is 1.08 bits per heavy atom. The van der Waals surface area contributed by atoms with Crippen molar-refractivity contribution in [2.75, 3.05) is 17.2 Å². The molecule has 1 aliphatic rings. The third-order valence-electron chi connectivity index (χ3n) is 4.12. The van der Waals surface area contributed by atoms with Gasteiger partial charge in [0, 0.05) is 30.3 Å². The Morgan fingerprint density at radius 3 is 2.83 bits per heavy atom. The topological polar surface area (TPSA) is 59.0 Å². The number of aromatic nitrogens is 2. The normalized spacial score (nSPS) is 13.6. The number of benzene rings is 2. The summed E-state index contributed by atoms with van der Waals surface area (Å²) in [5.74, 6) is 0.0400. The standard InChI is InChI=1S/C19H18N4O/c24-18-9-10-20-19-16(7-4-8-17(19)22-18)15-11-21-23(13-15)12-14-5-2-1-3-6-14/h1-8,11,13,20H,9-10,12H2,(H,22,24). The molecule has 1 amide bonds. The Labute approximate surface area is 140 Å². The molecule has 24 heavy (non-hydrogen) atoms. The van der Waals surface area contributed by atoms with Crippen LogP contribution in [0.15, 0.2) is 60.9 Å². The second-order valence-electron chi connectivity index (χ2n) is 5.87. The maximum atomic E-state index is 11.7. The van der Waals surface area contributed by atoms with Crippen molar-refractivity contribution in [1.82, 2.24) is 9.78 Å². The minimum atomic E-state index is 0.0400. The number of hydrogen-bond acceptors (Lipinski definition) is 3. The second-order valence-corrected chi connectivity index (χ2v) is 5.87. The number of hydrogen-bond donors (Lipinski definition) is 2. The van der Waals surface area contributed by atoms with Crippen LogP contribution in [0.1, 0.15) is 12.0 Å². The third kappa shape index (κ3) is 2.88. The Balaban J connectivity index is 1.65. The van der Waals surface area contributed by atoms with Gasteiger partial charge in [0.25, 0.3) is 0 Å². The Kier molecular flexibility index (Phi) is 3.75. The lowest BCUT2D eigenvalue weighted by Crippen LogP contribution is -2.10. The van der Waals surface area contributed by atoms with Crippen LogP contribution in [-0.4, -0.2) is 22.2 Å². The second kappa shape index (κ2) is 6.20. The van der Waals surface area contributed by atoms with Crippen molar-refractivity contribution in [3.8, 4) is 11.1 Å². The molecule has 0 radical (unpaired) electrons. The van der Waals surface area contributed by atoms with Crippen molar-refractivity contribution in [1.29, 1.82) is 0 Å². The van der Waals surface area contributed by atoms with Gasteiger partial charge in [0.1, 0.15) is 0 Å². The van der Waals surface area contributed by atoms with Crippen molar-refractivity contribution in [3.63, 3.8) is 0 Å². The highest BCUT2D eigenvalue weighted by molar-refractivity contribution is 5.99. The minimum absolute atomic E-state index is 0.0400. The molecule has 0 atom stereocenters. The van der Waals surface area contributed by atoms with Gasteiger partial charge in [-0.15, -0.1) is 0 Å². The molecule has 2 aromatic carbocycles. The number of para-hydroxylation sites is 1. The van der Waals surface area contributed by atoms with Crippen LogP contribution in [-0.2, 0) is 11.3 Å². The molecule has 0 aliphatic carbocycles. The van der Waals surface area contributed by atoms with Gasteiger partial charge in [-0.2, -0.15) is 5.10 Å². The summed E-state index contributed by atoms with van der Waals surface area (Å²) in [6.45, 7) is 1.37. The quantitative estimate of drug-likeness (QED) is 0.778. The first-order chi connectivity index (χ1) is 11.8. The lowest BCUT2D eigenvalue weighted by molar-refractivity contribution is -0.115. The SMILES string of the molecule is O=C1CCNc2c(cccc2-c2cnn(Cc3ccccc3)c2)N1. The summed E-state index contributed by atoms with van der Waals surface area (Å²) in [4.78, 5) is 11.7. The lowest BCUT2D eigenvalue weighted by atomic mass is 10.1. The lowest BCUT2D eigenvalue weighted by Gasteiger charge is -2.12. The van der Waals surface area contributed by atoms with E-state index in [1.165, 1.54) is 5.56 Å². The van der Waals surface area contributed by atoms with E-state index in [1.54, 1.807) is 0 Å². The van der Waals surface area contributed by atoms with E-state index in [1.807, 2.05) is 53.5 Å². The van der Waals surface area contributed by atoms with Crippen molar-refractivity contribution >= 4 is 17.3 Å². The Bertz CT molecular complexity index is 870. The van der Waals surface area contributed by atoms with Crippen LogP contribution in [0, 0.1) is 0 Å². The van der Waals surface area contributed by atoms with Crippen molar-refractivity contribution in [3.05, 3.63) is 66.5 Å². The fourth-order valence-electron chi connectivity index (χ4n) is 2.96. The van der Waals surface area contributed by atoms with Crippen LogP contribution in [0.3, 0.4) is 0 Å². The number of amides is 1. The van der Waals surface area contributed by atoms with Gasteiger partial charge in [-0.05, 0) is 11.6 Å². The summed E-state index contributed by atoms with van der Waals surface area (Å²) >= 11 is 0. The molecular weight excluding hydrogens is 300 g/mol. The summed E-state index contributed by atoms with van der Waals surface area (Å²) in [6, 6.07) is 16.2. The van der Waals surface area contributed by atoms with Gasteiger partial charge >= 0.3 is 0 Å². The van der Waals surface area contributed by atoms with Crippen molar-refractivity contribution < 1.29 is 4.79 Å². The van der Waals surface area contributed by atoms with Crippen molar-refractivity contribution in [2.45, 2.75) is 13.0 Å². The number of nitrogens with one attached hydrogen (secondary N) is 2. The van der Waals surface area contributed by atoms with Gasteiger partial charge in [0.05, 0.1) is 24.1 Å². The Morgan fingerprint density at radius 2 is 1.96 bits per heavy atom. The zero-order valence-corrected chi connectivity index (χ0v) is 13.2. The first kappa shape index (κ1) is 14.5. The number of carbonyl (C=O) groups excluding carboxylic acids is 1. The monoisotopic (exact) mass is 318 g/mol. The van der Waals surface area contributed by atoms with E-state index in [9.17, 15) is 4.79 Å². The molecule has 120 valence electrons. The van der Waals surface area contributed by atoms with E-state index in [0.717, 1.165) is 29.0 Å². The molecule has 2 N–H and O–H groups in total. The predicted molar refractivity (Wildman–Crippen MR) is 94.9 cm³/mol. The van der Waals surface area contributed by atoms with Gasteiger partial charge in [0.15, 0.2) is 0 Å². The molecule has 1 aliphatic heterocycles. The molecule has 0 spiro atoms. The fraction of sp³-hybridized carbons (Fsp3) is 0.158. The van der Waals surface area contributed by atoms with Gasteiger partial charge in [0.2, 0.25) is 5.91 Å². The average Bonchev–Trinajstić information content (AvgIpc) is 2.96. The summed E-state index contributed by atoms with van der Waals surface area (Å²) in [5, 5.41) is 10.8. The van der Waals surface area contributed by atoms with Crippen LogP contribution in [0.4, 0.5) is 11.4 Å². The van der Waals surface area contributed by atoms with Crippen LogP contribution in [0.25, 0.3) is 11.1 Å². The molecule has 0 saturated heterocycles. The molecule has 1 aromatic heterocycles. The highest BCUT2D eigenvalue weighted by Crippen LogP contribution is 2.35. The smallest absolute Gasteiger partial charge is 0.226 e. The van der Waals surface area contributed by atoms with Crippen LogP contribution in [0.2, 0.25) is 0 Å². The van der Waals surface area contributed by atoms with Gasteiger partial charge in [-0.3, -0.25) is 9.48 Å². The molecule has 5 nitrogen and oxygen atoms in total. The van der Waals surface area contributed by atoms with Gasteiger partial charge in [-0.1, -0.05) is 42.5 Å². The van der Waals surface area contributed by atoms with E-state index < -0.39 is 0 Å². The zero-order chi connectivity index (χ0) is 16.4. The maximum Gasteiger partial charge on any atom is 0.226 e. The Hall–Kier alpha value is -3.08. The molecular formula is C19H18N4O. The first-order valence-electron chi connectivity index (χ1n) is 8.03. The summed E-state index contributed by atoms with van der Waals surface area (Å²) < 4.78 is 1.93. The number of rotatable bonds is 3. The molecule has 0 saturated carbocycles. The first-order valence-corrected chi connectivity index (χ1v) is 8.03. The molecule has 3 aromatic rings. The molecule has 0 unspecified atom stereocenters. The number of nitrogens with zero attached hydrogens (tertiary/aromatic N) is 2. The van der Waals surface area contributed by atoms with Crippen LogP contribution < -0.4 is 10.6 Å². The van der Waals surface area contributed by atoms with E-state index in [-0.39, 0.29) is 5.91 Å². The van der Waals surface area contributed by atoms with E-state index in [2.05, 4.69) is 27.9 Å². The number of carbonyl (C=O) groups is 1. The molecule has 5 heteroatoms. The third-order valence-corrected chi connectivity index (χ3v) is 4.12. The summed E-state index contributed by atoms with van der Waals surface area (Å²) in [7, 11) is 0. The van der Waals surface area contributed by atoms with Crippen LogP contribution >= 0.6 is 0 Å². The maximum absolute atomic E-state index is 11.7. The van der Waals surface area contributed by atoms with Gasteiger partial charge in [-0.25, -0.2) is 0 Å². The van der Waals surface area contributed by atoms with Crippen LogP contribution in [0.5, 0.6) is 0 Å². The summed E-state index contributed by atoms with van der Waals surface area (Å²) in [5.41, 5.74) is 5.08. The summed E-state index contributed by atoms with van der Waals surface area (Å²) in [6.07, 6.45) is 4.38. The zero-order valence-electron chi connectivity index (χ0n) is 13.2. The molecule has 0 bridgehead atoms.